The zero-order valence-electron chi connectivity index (χ0n) is 13.4. The fourth-order valence-electron chi connectivity index (χ4n) is 2.26. The molecule has 1 heterocycles. The molecular weight excluding hydrogens is 306 g/mol. The SMILES string of the molecule is CC(=O)Nc1cccc(OCc2nc(-c3ccccc3C)no2)c1. The second-order valence-corrected chi connectivity index (χ2v) is 5.32. The first kappa shape index (κ1) is 15.7. The second kappa shape index (κ2) is 6.95. The third kappa shape index (κ3) is 3.78. The number of benzene rings is 2. The Morgan fingerprint density at radius 3 is 2.83 bits per heavy atom. The van der Waals surface area contributed by atoms with Crippen LogP contribution in [0.3, 0.4) is 0 Å². The molecule has 0 atom stereocenters. The molecule has 0 saturated carbocycles. The first-order chi connectivity index (χ1) is 11.6. The molecule has 6 nitrogen and oxygen atoms in total. The summed E-state index contributed by atoms with van der Waals surface area (Å²) in [6, 6.07) is 15.0. The van der Waals surface area contributed by atoms with E-state index in [4.69, 9.17) is 9.26 Å². The highest BCUT2D eigenvalue weighted by atomic mass is 16.5. The Morgan fingerprint density at radius 1 is 1.21 bits per heavy atom. The topological polar surface area (TPSA) is 77.2 Å². The van der Waals surface area contributed by atoms with E-state index in [1.165, 1.54) is 6.92 Å². The van der Waals surface area contributed by atoms with Gasteiger partial charge in [-0.2, -0.15) is 4.98 Å². The van der Waals surface area contributed by atoms with E-state index >= 15 is 0 Å². The average molecular weight is 323 g/mol. The van der Waals surface area contributed by atoms with E-state index in [9.17, 15) is 4.79 Å². The number of rotatable bonds is 5. The van der Waals surface area contributed by atoms with Crippen molar-refractivity contribution in [2.75, 3.05) is 5.32 Å². The molecule has 2 aromatic carbocycles. The number of carbonyl (C=O) groups excluding carboxylic acids is 1. The van der Waals surface area contributed by atoms with Crippen molar-refractivity contribution in [1.29, 1.82) is 0 Å². The average Bonchev–Trinajstić information content (AvgIpc) is 3.02. The van der Waals surface area contributed by atoms with Crippen LogP contribution in [0.15, 0.2) is 53.1 Å². The summed E-state index contributed by atoms with van der Waals surface area (Å²) in [5, 5.41) is 6.70. The van der Waals surface area contributed by atoms with E-state index in [1.807, 2.05) is 31.2 Å². The van der Waals surface area contributed by atoms with Crippen LogP contribution in [0.1, 0.15) is 18.4 Å². The van der Waals surface area contributed by atoms with Gasteiger partial charge in [-0.25, -0.2) is 0 Å². The lowest BCUT2D eigenvalue weighted by molar-refractivity contribution is -0.114. The van der Waals surface area contributed by atoms with Gasteiger partial charge in [-0.1, -0.05) is 35.5 Å². The zero-order valence-corrected chi connectivity index (χ0v) is 13.4. The molecule has 1 N–H and O–H groups in total. The molecule has 3 aromatic rings. The van der Waals surface area contributed by atoms with E-state index in [2.05, 4.69) is 15.5 Å². The molecule has 1 aromatic heterocycles. The summed E-state index contributed by atoms with van der Waals surface area (Å²) in [7, 11) is 0. The minimum Gasteiger partial charge on any atom is -0.484 e. The lowest BCUT2D eigenvalue weighted by Crippen LogP contribution is -2.05. The van der Waals surface area contributed by atoms with Gasteiger partial charge in [0.15, 0.2) is 6.61 Å². The van der Waals surface area contributed by atoms with Crippen molar-refractivity contribution in [3.8, 4) is 17.1 Å². The molecule has 3 rings (SSSR count). The maximum Gasteiger partial charge on any atom is 0.264 e. The lowest BCUT2D eigenvalue weighted by Gasteiger charge is -2.06. The fraction of sp³-hybridized carbons (Fsp3) is 0.167. The number of nitrogens with zero attached hydrogens (tertiary/aromatic N) is 2. The predicted molar refractivity (Wildman–Crippen MR) is 89.5 cm³/mol. The predicted octanol–water partition coefficient (Wildman–Crippen LogP) is 3.58. The highest BCUT2D eigenvalue weighted by Gasteiger charge is 2.11. The first-order valence-corrected chi connectivity index (χ1v) is 7.51. The number of nitrogens with one attached hydrogen (secondary N) is 1. The molecule has 1 amide bonds. The van der Waals surface area contributed by atoms with Gasteiger partial charge in [0.25, 0.3) is 5.89 Å². The minimum atomic E-state index is -0.132. The molecule has 0 spiro atoms. The minimum absolute atomic E-state index is 0.132. The van der Waals surface area contributed by atoms with Gasteiger partial charge in [0.05, 0.1) is 0 Å². The molecule has 0 bridgehead atoms. The molecule has 6 heteroatoms. The van der Waals surface area contributed by atoms with Gasteiger partial charge in [0.1, 0.15) is 5.75 Å². The van der Waals surface area contributed by atoms with E-state index in [0.29, 0.717) is 23.2 Å². The molecule has 122 valence electrons. The van der Waals surface area contributed by atoms with Crippen LogP contribution in [0.4, 0.5) is 5.69 Å². The van der Waals surface area contributed by atoms with Crippen molar-refractivity contribution in [2.24, 2.45) is 0 Å². The number of carbonyl (C=O) groups is 1. The van der Waals surface area contributed by atoms with Gasteiger partial charge in [0.2, 0.25) is 11.7 Å². The summed E-state index contributed by atoms with van der Waals surface area (Å²) in [6.07, 6.45) is 0. The Balaban J connectivity index is 1.68. The second-order valence-electron chi connectivity index (χ2n) is 5.32. The maximum absolute atomic E-state index is 11.1. The Labute approximate surface area is 139 Å². The van der Waals surface area contributed by atoms with Gasteiger partial charge >= 0.3 is 0 Å². The van der Waals surface area contributed by atoms with Gasteiger partial charge in [-0.3, -0.25) is 4.79 Å². The van der Waals surface area contributed by atoms with E-state index < -0.39 is 0 Å². The highest BCUT2D eigenvalue weighted by molar-refractivity contribution is 5.88. The molecule has 0 fully saturated rings. The smallest absolute Gasteiger partial charge is 0.264 e. The Kier molecular flexibility index (Phi) is 4.56. The molecule has 0 radical (unpaired) electrons. The molecule has 0 aliphatic rings. The van der Waals surface area contributed by atoms with Crippen LogP contribution in [0, 0.1) is 6.92 Å². The number of aryl methyl sites for hydroxylation is 1. The van der Waals surface area contributed by atoms with Gasteiger partial charge < -0.3 is 14.6 Å². The van der Waals surface area contributed by atoms with Gasteiger partial charge in [-0.05, 0) is 24.6 Å². The largest absolute Gasteiger partial charge is 0.484 e. The lowest BCUT2D eigenvalue weighted by atomic mass is 10.1. The number of hydrogen-bond acceptors (Lipinski definition) is 5. The van der Waals surface area contributed by atoms with Crippen molar-refractivity contribution in [3.63, 3.8) is 0 Å². The summed E-state index contributed by atoms with van der Waals surface area (Å²) in [6.45, 7) is 3.61. The number of ether oxygens (including phenoxy) is 1. The monoisotopic (exact) mass is 323 g/mol. The number of aromatic nitrogens is 2. The molecule has 0 saturated heterocycles. The normalized spacial score (nSPS) is 10.4. The zero-order chi connectivity index (χ0) is 16.9. The van der Waals surface area contributed by atoms with Crippen molar-refractivity contribution < 1.29 is 14.1 Å². The van der Waals surface area contributed by atoms with Crippen LogP contribution in [-0.4, -0.2) is 16.0 Å². The van der Waals surface area contributed by atoms with Crippen LogP contribution in [-0.2, 0) is 11.4 Å². The summed E-state index contributed by atoms with van der Waals surface area (Å²) in [5.74, 6) is 1.40. The van der Waals surface area contributed by atoms with Gasteiger partial charge in [0, 0.05) is 24.2 Å². The number of anilines is 1. The third-order valence-electron chi connectivity index (χ3n) is 3.37. The maximum atomic E-state index is 11.1. The van der Waals surface area contributed by atoms with Crippen LogP contribution in [0.5, 0.6) is 5.75 Å². The van der Waals surface area contributed by atoms with Crippen molar-refractivity contribution in [1.82, 2.24) is 10.1 Å². The summed E-state index contributed by atoms with van der Waals surface area (Å²) in [4.78, 5) is 15.4. The standard InChI is InChI=1S/C18H17N3O3/c1-12-6-3-4-9-16(12)18-20-17(24-21-18)11-23-15-8-5-7-14(10-15)19-13(2)22/h3-10H,11H2,1-2H3,(H,19,22). The van der Waals surface area contributed by atoms with Crippen LogP contribution in [0.25, 0.3) is 11.4 Å². The molecule has 0 aliphatic heterocycles. The Bertz CT molecular complexity index is 858. The molecular formula is C18H17N3O3. The summed E-state index contributed by atoms with van der Waals surface area (Å²) in [5.41, 5.74) is 2.68. The van der Waals surface area contributed by atoms with Crippen molar-refractivity contribution in [3.05, 3.63) is 60.0 Å². The summed E-state index contributed by atoms with van der Waals surface area (Å²) >= 11 is 0. The number of amides is 1. The Hall–Kier alpha value is -3.15. The first-order valence-electron chi connectivity index (χ1n) is 7.51. The van der Waals surface area contributed by atoms with Crippen molar-refractivity contribution >= 4 is 11.6 Å². The van der Waals surface area contributed by atoms with Gasteiger partial charge in [-0.15, -0.1) is 0 Å². The quantitative estimate of drug-likeness (QED) is 0.776. The Morgan fingerprint density at radius 2 is 2.04 bits per heavy atom. The third-order valence-corrected chi connectivity index (χ3v) is 3.37. The van der Waals surface area contributed by atoms with Crippen LogP contribution >= 0.6 is 0 Å². The van der Waals surface area contributed by atoms with E-state index in [1.54, 1.807) is 24.3 Å². The number of hydrogen-bond donors (Lipinski definition) is 1. The molecule has 0 aliphatic carbocycles. The van der Waals surface area contributed by atoms with E-state index in [0.717, 1.165) is 11.1 Å². The molecule has 24 heavy (non-hydrogen) atoms. The van der Waals surface area contributed by atoms with Crippen LogP contribution in [0.2, 0.25) is 0 Å². The van der Waals surface area contributed by atoms with E-state index in [-0.39, 0.29) is 12.5 Å². The van der Waals surface area contributed by atoms with Crippen LogP contribution < -0.4 is 10.1 Å². The highest BCUT2D eigenvalue weighted by Crippen LogP contribution is 2.21. The fourth-order valence-corrected chi connectivity index (χ4v) is 2.26. The van der Waals surface area contributed by atoms with Crippen molar-refractivity contribution in [2.45, 2.75) is 20.5 Å². The summed E-state index contributed by atoms with van der Waals surface area (Å²) < 4.78 is 10.9. The molecule has 0 unspecified atom stereocenters.